The van der Waals surface area contributed by atoms with E-state index in [1.807, 2.05) is 6.92 Å². The molecule has 5 nitrogen and oxygen atoms in total. The van der Waals surface area contributed by atoms with Crippen LogP contribution in [0.5, 0.6) is 0 Å². The van der Waals surface area contributed by atoms with Gasteiger partial charge >= 0.3 is 0 Å². The predicted molar refractivity (Wildman–Crippen MR) is 79.2 cm³/mol. The molecule has 20 heavy (non-hydrogen) atoms. The number of hydrogen-bond donors (Lipinski definition) is 1. The number of nitro benzene ring substituents is 1. The first kappa shape index (κ1) is 16.4. The van der Waals surface area contributed by atoms with Gasteiger partial charge in [-0.1, -0.05) is 37.8 Å². The van der Waals surface area contributed by atoms with Crippen LogP contribution in [0, 0.1) is 10.1 Å². The molecular weight excluding hydrogens is 280 g/mol. The third-order valence-electron chi connectivity index (χ3n) is 3.03. The molecule has 0 heterocycles. The molecule has 0 saturated heterocycles. The second kappa shape index (κ2) is 7.85. The van der Waals surface area contributed by atoms with Crippen molar-refractivity contribution in [2.45, 2.75) is 45.6 Å². The van der Waals surface area contributed by atoms with E-state index in [2.05, 4.69) is 12.2 Å². The zero-order valence-corrected chi connectivity index (χ0v) is 12.4. The van der Waals surface area contributed by atoms with E-state index in [1.54, 1.807) is 0 Å². The van der Waals surface area contributed by atoms with Crippen LogP contribution in [-0.4, -0.2) is 16.9 Å². The van der Waals surface area contributed by atoms with Crippen molar-refractivity contribution >= 4 is 23.2 Å². The highest BCUT2D eigenvalue weighted by Crippen LogP contribution is 2.22. The van der Waals surface area contributed by atoms with Gasteiger partial charge in [-0.3, -0.25) is 14.9 Å². The van der Waals surface area contributed by atoms with E-state index in [0.717, 1.165) is 25.7 Å². The smallest absolute Gasteiger partial charge is 0.270 e. The third kappa shape index (κ3) is 4.81. The molecule has 0 aliphatic rings. The molecule has 6 heteroatoms. The number of halogens is 1. The fourth-order valence-electron chi connectivity index (χ4n) is 1.88. The van der Waals surface area contributed by atoms with Crippen LogP contribution in [0.25, 0.3) is 0 Å². The van der Waals surface area contributed by atoms with Gasteiger partial charge in [-0.15, -0.1) is 0 Å². The van der Waals surface area contributed by atoms with E-state index < -0.39 is 4.92 Å². The largest absolute Gasteiger partial charge is 0.350 e. The second-order valence-corrected chi connectivity index (χ2v) is 5.20. The van der Waals surface area contributed by atoms with Gasteiger partial charge in [-0.2, -0.15) is 0 Å². The normalized spacial score (nSPS) is 11.9. The zero-order valence-electron chi connectivity index (χ0n) is 11.7. The fraction of sp³-hybridized carbons (Fsp3) is 0.500. The highest BCUT2D eigenvalue weighted by Gasteiger charge is 2.16. The Hall–Kier alpha value is -1.62. The molecule has 1 N–H and O–H groups in total. The van der Waals surface area contributed by atoms with Gasteiger partial charge < -0.3 is 5.32 Å². The molecule has 0 aromatic heterocycles. The van der Waals surface area contributed by atoms with Gasteiger partial charge in [0.25, 0.3) is 11.6 Å². The van der Waals surface area contributed by atoms with Gasteiger partial charge in [0.05, 0.1) is 15.5 Å². The maximum absolute atomic E-state index is 12.0. The number of carbonyl (C=O) groups excluding carboxylic acids is 1. The van der Waals surface area contributed by atoms with E-state index >= 15 is 0 Å². The molecule has 110 valence electrons. The highest BCUT2D eigenvalue weighted by molar-refractivity contribution is 6.34. The lowest BCUT2D eigenvalue weighted by atomic mass is 10.1. The van der Waals surface area contributed by atoms with E-state index in [-0.39, 0.29) is 28.2 Å². The van der Waals surface area contributed by atoms with Crippen LogP contribution in [0.15, 0.2) is 18.2 Å². The summed E-state index contributed by atoms with van der Waals surface area (Å²) in [6.07, 6.45) is 4.24. The lowest BCUT2D eigenvalue weighted by Crippen LogP contribution is -2.32. The van der Waals surface area contributed by atoms with Crippen molar-refractivity contribution in [1.82, 2.24) is 5.32 Å². The minimum absolute atomic E-state index is 0.0558. The van der Waals surface area contributed by atoms with E-state index in [1.165, 1.54) is 18.2 Å². The summed E-state index contributed by atoms with van der Waals surface area (Å²) in [6, 6.07) is 3.91. The summed E-state index contributed by atoms with van der Waals surface area (Å²) in [5.41, 5.74) is 0.141. The summed E-state index contributed by atoms with van der Waals surface area (Å²) in [5, 5.41) is 13.6. The van der Waals surface area contributed by atoms with Crippen LogP contribution in [0.3, 0.4) is 0 Å². The predicted octanol–water partition coefficient (Wildman–Crippen LogP) is 3.95. The molecule has 0 fully saturated rings. The maximum Gasteiger partial charge on any atom is 0.270 e. The van der Waals surface area contributed by atoms with Crippen molar-refractivity contribution in [1.29, 1.82) is 0 Å². The Bertz CT molecular complexity index is 491. The zero-order chi connectivity index (χ0) is 15.1. The molecule has 0 aliphatic carbocycles. The SMILES string of the molecule is CCCCCC(C)NC(=O)c1ccc([N+](=O)[O-])cc1Cl. The van der Waals surface area contributed by atoms with Crippen molar-refractivity contribution in [3.05, 3.63) is 38.9 Å². The summed E-state index contributed by atoms with van der Waals surface area (Å²) in [4.78, 5) is 22.1. The van der Waals surface area contributed by atoms with Crippen molar-refractivity contribution in [2.75, 3.05) is 0 Å². The Morgan fingerprint density at radius 1 is 1.45 bits per heavy atom. The van der Waals surface area contributed by atoms with Crippen LogP contribution in [0.4, 0.5) is 5.69 Å². The van der Waals surface area contributed by atoms with Gasteiger partial charge in [0.15, 0.2) is 0 Å². The number of amides is 1. The van der Waals surface area contributed by atoms with Crippen molar-refractivity contribution in [2.24, 2.45) is 0 Å². The van der Waals surface area contributed by atoms with Crippen LogP contribution in [-0.2, 0) is 0 Å². The Balaban J connectivity index is 2.65. The number of unbranched alkanes of at least 4 members (excludes halogenated alkanes) is 2. The molecular formula is C14H19ClN2O3. The van der Waals surface area contributed by atoms with E-state index in [4.69, 9.17) is 11.6 Å². The number of nitrogens with zero attached hydrogens (tertiary/aromatic N) is 1. The summed E-state index contributed by atoms with van der Waals surface area (Å²) in [6.45, 7) is 4.06. The quantitative estimate of drug-likeness (QED) is 0.470. The Labute approximate surface area is 123 Å². The number of carbonyl (C=O) groups is 1. The first-order chi connectivity index (χ1) is 9.45. The minimum atomic E-state index is -0.541. The van der Waals surface area contributed by atoms with Gasteiger partial charge in [0.2, 0.25) is 0 Å². The second-order valence-electron chi connectivity index (χ2n) is 4.79. The van der Waals surface area contributed by atoms with Crippen molar-refractivity contribution < 1.29 is 9.72 Å². The van der Waals surface area contributed by atoms with Gasteiger partial charge in [-0.25, -0.2) is 0 Å². The highest BCUT2D eigenvalue weighted by atomic mass is 35.5. The molecule has 1 aromatic carbocycles. The summed E-state index contributed by atoms with van der Waals surface area (Å²) in [7, 11) is 0. The maximum atomic E-state index is 12.0. The molecule has 0 saturated carbocycles. The molecule has 0 aliphatic heterocycles. The molecule has 1 rings (SSSR count). The first-order valence-electron chi connectivity index (χ1n) is 6.70. The topological polar surface area (TPSA) is 72.2 Å². The number of rotatable bonds is 7. The van der Waals surface area contributed by atoms with Crippen LogP contribution in [0.1, 0.15) is 49.9 Å². The average molecular weight is 299 g/mol. The van der Waals surface area contributed by atoms with Crippen molar-refractivity contribution in [3.8, 4) is 0 Å². The molecule has 1 amide bonds. The minimum Gasteiger partial charge on any atom is -0.350 e. The third-order valence-corrected chi connectivity index (χ3v) is 3.34. The molecule has 0 bridgehead atoms. The van der Waals surface area contributed by atoms with Crippen LogP contribution < -0.4 is 5.32 Å². The van der Waals surface area contributed by atoms with Gasteiger partial charge in [0, 0.05) is 18.2 Å². The monoisotopic (exact) mass is 298 g/mol. The molecule has 0 radical (unpaired) electrons. The van der Waals surface area contributed by atoms with Crippen LogP contribution in [0.2, 0.25) is 5.02 Å². The Kier molecular flexibility index (Phi) is 6.45. The number of benzene rings is 1. The molecule has 1 unspecified atom stereocenters. The summed E-state index contributed by atoms with van der Waals surface area (Å²) in [5.74, 6) is -0.297. The van der Waals surface area contributed by atoms with E-state index in [9.17, 15) is 14.9 Å². The van der Waals surface area contributed by atoms with Gasteiger partial charge in [-0.05, 0) is 19.4 Å². The lowest BCUT2D eigenvalue weighted by Gasteiger charge is -2.14. The Morgan fingerprint density at radius 3 is 2.70 bits per heavy atom. The Morgan fingerprint density at radius 2 is 2.15 bits per heavy atom. The first-order valence-corrected chi connectivity index (χ1v) is 7.08. The standard InChI is InChI=1S/C14H19ClN2O3/c1-3-4-5-6-10(2)16-14(18)12-8-7-11(17(19)20)9-13(12)15/h7-10H,3-6H2,1-2H3,(H,16,18). The summed E-state index contributed by atoms with van der Waals surface area (Å²) < 4.78 is 0. The van der Waals surface area contributed by atoms with Crippen molar-refractivity contribution in [3.63, 3.8) is 0 Å². The average Bonchev–Trinajstić information content (AvgIpc) is 2.38. The van der Waals surface area contributed by atoms with E-state index in [0.29, 0.717) is 0 Å². The molecule has 1 aromatic rings. The number of hydrogen-bond acceptors (Lipinski definition) is 3. The lowest BCUT2D eigenvalue weighted by molar-refractivity contribution is -0.384. The molecule has 0 spiro atoms. The molecule has 1 atom stereocenters. The summed E-state index contributed by atoms with van der Waals surface area (Å²) >= 11 is 5.91. The fourth-order valence-corrected chi connectivity index (χ4v) is 2.14. The van der Waals surface area contributed by atoms with Crippen LogP contribution >= 0.6 is 11.6 Å². The number of non-ortho nitro benzene ring substituents is 1. The number of nitrogens with one attached hydrogen (secondary N) is 1. The van der Waals surface area contributed by atoms with Gasteiger partial charge in [0.1, 0.15) is 0 Å². The number of nitro groups is 1.